The zero-order chi connectivity index (χ0) is 22.2. The molecule has 4 nitrogen and oxygen atoms in total. The molecule has 1 fully saturated rings. The molecule has 3 aromatic rings. The lowest BCUT2D eigenvalue weighted by molar-refractivity contribution is -0.134. The number of hydrogen-bond donors (Lipinski definition) is 0. The van der Waals surface area contributed by atoms with Crippen LogP contribution in [0.3, 0.4) is 0 Å². The lowest BCUT2D eigenvalue weighted by Crippen LogP contribution is -2.41. The second-order valence-corrected chi connectivity index (χ2v) is 8.33. The number of ether oxygens (including phenoxy) is 2. The third-order valence-electron chi connectivity index (χ3n) is 6.30. The van der Waals surface area contributed by atoms with E-state index < -0.39 is 0 Å². The molecule has 1 heterocycles. The topological polar surface area (TPSA) is 38.8 Å². The summed E-state index contributed by atoms with van der Waals surface area (Å²) in [5, 5.41) is 0. The SMILES string of the molecule is COc1ccccc1CCC1CCN(C(=O)COc2ccccc2-c2ccccc2)CC1. The summed E-state index contributed by atoms with van der Waals surface area (Å²) in [7, 11) is 1.73. The van der Waals surface area contributed by atoms with E-state index in [1.165, 1.54) is 5.56 Å². The van der Waals surface area contributed by atoms with Gasteiger partial charge in [0, 0.05) is 18.7 Å². The Hall–Kier alpha value is -3.27. The molecule has 0 aromatic heterocycles. The van der Waals surface area contributed by atoms with Crippen LogP contribution in [0.5, 0.6) is 11.5 Å². The maximum Gasteiger partial charge on any atom is 0.260 e. The minimum Gasteiger partial charge on any atom is -0.496 e. The summed E-state index contributed by atoms with van der Waals surface area (Å²) in [6.45, 7) is 1.69. The molecule has 3 aromatic carbocycles. The highest BCUT2D eigenvalue weighted by Crippen LogP contribution is 2.30. The molecular formula is C28H31NO3. The number of para-hydroxylation sites is 2. The van der Waals surface area contributed by atoms with Crippen molar-refractivity contribution in [2.24, 2.45) is 5.92 Å². The fourth-order valence-electron chi connectivity index (χ4n) is 4.42. The van der Waals surface area contributed by atoms with Crippen LogP contribution < -0.4 is 9.47 Å². The van der Waals surface area contributed by atoms with Gasteiger partial charge in [0.05, 0.1) is 7.11 Å². The molecule has 0 bridgehead atoms. The van der Waals surface area contributed by atoms with Crippen molar-refractivity contribution >= 4 is 5.91 Å². The number of aryl methyl sites for hydroxylation is 1. The highest BCUT2D eigenvalue weighted by atomic mass is 16.5. The van der Waals surface area contributed by atoms with E-state index in [9.17, 15) is 4.79 Å². The van der Waals surface area contributed by atoms with Gasteiger partial charge in [-0.2, -0.15) is 0 Å². The summed E-state index contributed by atoms with van der Waals surface area (Å²) in [6.07, 6.45) is 4.23. The highest BCUT2D eigenvalue weighted by Gasteiger charge is 2.23. The standard InChI is InChI=1S/C28H31NO3/c1-31-26-13-7-5-11-24(26)16-15-22-17-19-29(20-18-22)28(30)21-32-27-14-8-6-12-25(27)23-9-3-2-4-10-23/h2-14,22H,15-21H2,1H3. The van der Waals surface area contributed by atoms with Crippen molar-refractivity contribution in [2.45, 2.75) is 25.7 Å². The van der Waals surface area contributed by atoms with Crippen molar-refractivity contribution < 1.29 is 14.3 Å². The molecule has 32 heavy (non-hydrogen) atoms. The van der Waals surface area contributed by atoms with Gasteiger partial charge < -0.3 is 14.4 Å². The fourth-order valence-corrected chi connectivity index (χ4v) is 4.42. The quantitative estimate of drug-likeness (QED) is 0.467. The number of likely N-dealkylation sites (tertiary alicyclic amines) is 1. The monoisotopic (exact) mass is 429 g/mol. The molecule has 0 spiro atoms. The van der Waals surface area contributed by atoms with Gasteiger partial charge in [0.25, 0.3) is 5.91 Å². The van der Waals surface area contributed by atoms with Crippen LogP contribution >= 0.6 is 0 Å². The van der Waals surface area contributed by atoms with Crippen LogP contribution in [0.1, 0.15) is 24.8 Å². The van der Waals surface area contributed by atoms with Gasteiger partial charge in [0.15, 0.2) is 6.61 Å². The maximum atomic E-state index is 12.8. The summed E-state index contributed by atoms with van der Waals surface area (Å²) in [4.78, 5) is 14.7. The van der Waals surface area contributed by atoms with E-state index >= 15 is 0 Å². The summed E-state index contributed by atoms with van der Waals surface area (Å²) < 4.78 is 11.4. The lowest BCUT2D eigenvalue weighted by atomic mass is 9.90. The van der Waals surface area contributed by atoms with Crippen LogP contribution in [-0.2, 0) is 11.2 Å². The number of piperidine rings is 1. The molecule has 1 aliphatic rings. The molecule has 0 N–H and O–H groups in total. The molecule has 166 valence electrons. The van der Waals surface area contributed by atoms with Crippen molar-refractivity contribution in [2.75, 3.05) is 26.8 Å². The van der Waals surface area contributed by atoms with Crippen LogP contribution in [-0.4, -0.2) is 37.6 Å². The smallest absolute Gasteiger partial charge is 0.260 e. The van der Waals surface area contributed by atoms with Crippen LogP contribution in [0.4, 0.5) is 0 Å². The molecule has 1 aliphatic heterocycles. The number of carbonyl (C=O) groups excluding carboxylic acids is 1. The first-order chi connectivity index (χ1) is 15.7. The van der Waals surface area contributed by atoms with Gasteiger partial charge in [0.1, 0.15) is 11.5 Å². The number of methoxy groups -OCH3 is 1. The van der Waals surface area contributed by atoms with Crippen molar-refractivity contribution in [3.63, 3.8) is 0 Å². The first-order valence-corrected chi connectivity index (χ1v) is 11.4. The van der Waals surface area contributed by atoms with E-state index in [0.29, 0.717) is 5.92 Å². The minimum absolute atomic E-state index is 0.0658. The Morgan fingerprint density at radius 2 is 1.53 bits per heavy atom. The number of nitrogens with zero attached hydrogens (tertiary/aromatic N) is 1. The average Bonchev–Trinajstić information content (AvgIpc) is 2.87. The van der Waals surface area contributed by atoms with E-state index in [0.717, 1.165) is 61.4 Å². The lowest BCUT2D eigenvalue weighted by Gasteiger charge is -2.32. The Morgan fingerprint density at radius 1 is 0.875 bits per heavy atom. The second kappa shape index (κ2) is 10.9. The van der Waals surface area contributed by atoms with E-state index in [1.54, 1.807) is 7.11 Å². The van der Waals surface area contributed by atoms with E-state index in [1.807, 2.05) is 59.5 Å². The third kappa shape index (κ3) is 5.50. The van der Waals surface area contributed by atoms with Crippen LogP contribution in [0.25, 0.3) is 11.1 Å². The summed E-state index contributed by atoms with van der Waals surface area (Å²) >= 11 is 0. The number of rotatable bonds is 8. The molecule has 1 amide bonds. The molecular weight excluding hydrogens is 398 g/mol. The predicted octanol–water partition coefficient (Wildman–Crippen LogP) is 5.61. The van der Waals surface area contributed by atoms with E-state index in [4.69, 9.17) is 9.47 Å². The van der Waals surface area contributed by atoms with Crippen molar-refractivity contribution in [3.8, 4) is 22.6 Å². The molecule has 0 saturated carbocycles. The summed E-state index contributed by atoms with van der Waals surface area (Å²) in [6, 6.07) is 26.3. The molecule has 4 heteroatoms. The Kier molecular flexibility index (Phi) is 7.44. The fraction of sp³-hybridized carbons (Fsp3) is 0.321. The van der Waals surface area contributed by atoms with Gasteiger partial charge in [0.2, 0.25) is 0 Å². The van der Waals surface area contributed by atoms with Gasteiger partial charge in [-0.1, -0.05) is 66.7 Å². The molecule has 1 saturated heterocycles. The number of amides is 1. The Balaban J connectivity index is 1.26. The zero-order valence-corrected chi connectivity index (χ0v) is 18.7. The van der Waals surface area contributed by atoms with Gasteiger partial charge in [-0.25, -0.2) is 0 Å². The Morgan fingerprint density at radius 3 is 2.28 bits per heavy atom. The molecule has 0 atom stereocenters. The van der Waals surface area contributed by atoms with Gasteiger partial charge in [-0.05, 0) is 54.9 Å². The highest BCUT2D eigenvalue weighted by molar-refractivity contribution is 5.78. The number of hydrogen-bond acceptors (Lipinski definition) is 3. The Bertz CT molecular complexity index is 1010. The summed E-state index contributed by atoms with van der Waals surface area (Å²) in [5.41, 5.74) is 3.36. The molecule has 0 unspecified atom stereocenters. The van der Waals surface area contributed by atoms with E-state index in [2.05, 4.69) is 24.3 Å². The summed E-state index contributed by atoms with van der Waals surface area (Å²) in [5.74, 6) is 2.42. The van der Waals surface area contributed by atoms with E-state index in [-0.39, 0.29) is 12.5 Å². The largest absolute Gasteiger partial charge is 0.496 e. The normalized spacial score (nSPS) is 14.2. The van der Waals surface area contributed by atoms with Crippen molar-refractivity contribution in [1.82, 2.24) is 4.90 Å². The number of benzene rings is 3. The van der Waals surface area contributed by atoms with Gasteiger partial charge in [-0.15, -0.1) is 0 Å². The van der Waals surface area contributed by atoms with Crippen LogP contribution in [0, 0.1) is 5.92 Å². The predicted molar refractivity (Wildman–Crippen MR) is 128 cm³/mol. The first-order valence-electron chi connectivity index (χ1n) is 11.4. The van der Waals surface area contributed by atoms with Crippen molar-refractivity contribution in [3.05, 3.63) is 84.4 Å². The van der Waals surface area contributed by atoms with Crippen LogP contribution in [0.15, 0.2) is 78.9 Å². The van der Waals surface area contributed by atoms with Crippen molar-refractivity contribution in [1.29, 1.82) is 0 Å². The second-order valence-electron chi connectivity index (χ2n) is 8.33. The maximum absolute atomic E-state index is 12.8. The molecule has 4 rings (SSSR count). The third-order valence-corrected chi connectivity index (χ3v) is 6.30. The molecule has 0 aliphatic carbocycles. The Labute approximate surface area is 190 Å². The van der Waals surface area contributed by atoms with Crippen LogP contribution in [0.2, 0.25) is 0 Å². The molecule has 0 radical (unpaired) electrons. The van der Waals surface area contributed by atoms with Gasteiger partial charge >= 0.3 is 0 Å². The first kappa shape index (κ1) is 21.9. The minimum atomic E-state index is 0.0658. The average molecular weight is 430 g/mol. The number of carbonyl (C=O) groups is 1. The zero-order valence-electron chi connectivity index (χ0n) is 18.7. The van der Waals surface area contributed by atoms with Gasteiger partial charge in [-0.3, -0.25) is 4.79 Å².